The third kappa shape index (κ3) is 6.00. The molecule has 132 valence electrons. The van der Waals surface area contributed by atoms with Crippen molar-refractivity contribution in [2.24, 2.45) is 0 Å². The molecule has 0 heterocycles. The Morgan fingerprint density at radius 2 is 2.00 bits per heavy atom. The SMILES string of the molecule is C=C(C(=O)NCCN(C)c1ccc(C(=O)OCCO)cc1)C(C)F. The Hall–Kier alpha value is -2.41. The van der Waals surface area contributed by atoms with Gasteiger partial charge in [0.05, 0.1) is 12.2 Å². The molecule has 0 spiro atoms. The van der Waals surface area contributed by atoms with E-state index < -0.39 is 18.0 Å². The summed E-state index contributed by atoms with van der Waals surface area (Å²) in [5.74, 6) is -0.996. The Balaban J connectivity index is 2.48. The number of ether oxygens (including phenoxy) is 1. The molecule has 0 saturated carbocycles. The van der Waals surface area contributed by atoms with Gasteiger partial charge in [-0.05, 0) is 31.2 Å². The molecular formula is C17H23FN2O4. The van der Waals surface area contributed by atoms with E-state index in [1.807, 2.05) is 11.9 Å². The summed E-state index contributed by atoms with van der Waals surface area (Å²) >= 11 is 0. The predicted molar refractivity (Wildman–Crippen MR) is 89.8 cm³/mol. The molecule has 1 atom stereocenters. The van der Waals surface area contributed by atoms with Crippen LogP contribution in [0.4, 0.5) is 10.1 Å². The van der Waals surface area contributed by atoms with Gasteiger partial charge < -0.3 is 20.1 Å². The van der Waals surface area contributed by atoms with Crippen molar-refractivity contribution in [3.63, 3.8) is 0 Å². The molecule has 7 heteroatoms. The van der Waals surface area contributed by atoms with Gasteiger partial charge in [-0.2, -0.15) is 0 Å². The number of nitrogens with zero attached hydrogens (tertiary/aromatic N) is 1. The zero-order chi connectivity index (χ0) is 18.1. The van der Waals surface area contributed by atoms with Gasteiger partial charge in [0, 0.05) is 31.4 Å². The van der Waals surface area contributed by atoms with Gasteiger partial charge in [-0.25, -0.2) is 9.18 Å². The summed E-state index contributed by atoms with van der Waals surface area (Å²) in [6.45, 7) is 5.25. The lowest BCUT2D eigenvalue weighted by atomic mass is 10.2. The van der Waals surface area contributed by atoms with Crippen molar-refractivity contribution in [2.45, 2.75) is 13.1 Å². The molecule has 0 fully saturated rings. The van der Waals surface area contributed by atoms with Gasteiger partial charge in [-0.15, -0.1) is 0 Å². The molecule has 1 amide bonds. The Kier molecular flexibility index (Phi) is 7.91. The molecule has 6 nitrogen and oxygen atoms in total. The minimum atomic E-state index is -1.37. The van der Waals surface area contributed by atoms with Crippen molar-refractivity contribution in [1.82, 2.24) is 5.32 Å². The summed E-state index contributed by atoms with van der Waals surface area (Å²) in [5, 5.41) is 11.2. The van der Waals surface area contributed by atoms with Crippen LogP contribution in [0, 0.1) is 0 Å². The molecule has 24 heavy (non-hydrogen) atoms. The highest BCUT2D eigenvalue weighted by Gasteiger charge is 2.13. The zero-order valence-corrected chi connectivity index (χ0v) is 13.9. The first-order valence-corrected chi connectivity index (χ1v) is 7.57. The minimum Gasteiger partial charge on any atom is -0.460 e. The van der Waals surface area contributed by atoms with E-state index in [9.17, 15) is 14.0 Å². The van der Waals surface area contributed by atoms with E-state index >= 15 is 0 Å². The molecule has 0 bridgehead atoms. The number of benzene rings is 1. The van der Waals surface area contributed by atoms with Crippen LogP contribution in [0.1, 0.15) is 17.3 Å². The second kappa shape index (κ2) is 9.67. The van der Waals surface area contributed by atoms with Gasteiger partial charge >= 0.3 is 5.97 Å². The number of aliphatic hydroxyl groups excluding tert-OH is 1. The summed E-state index contributed by atoms with van der Waals surface area (Å²) in [4.78, 5) is 25.1. The Bertz CT molecular complexity index is 572. The number of alkyl halides is 1. The third-order valence-electron chi connectivity index (χ3n) is 3.37. The largest absolute Gasteiger partial charge is 0.460 e. The van der Waals surface area contributed by atoms with E-state index in [4.69, 9.17) is 9.84 Å². The molecule has 0 aliphatic heterocycles. The van der Waals surface area contributed by atoms with Crippen LogP contribution in [0.2, 0.25) is 0 Å². The maximum absolute atomic E-state index is 13.0. The number of likely N-dealkylation sites (N-methyl/N-ethyl adjacent to an activating group) is 1. The summed E-state index contributed by atoms with van der Waals surface area (Å²) < 4.78 is 17.8. The molecule has 0 aromatic heterocycles. The van der Waals surface area contributed by atoms with Gasteiger partial charge in [0.15, 0.2) is 0 Å². The number of anilines is 1. The van der Waals surface area contributed by atoms with Crippen LogP contribution in [0.25, 0.3) is 0 Å². The van der Waals surface area contributed by atoms with Crippen LogP contribution < -0.4 is 10.2 Å². The Morgan fingerprint density at radius 3 is 2.54 bits per heavy atom. The standard InChI is InChI=1S/C17H23FN2O4/c1-12(13(2)18)16(22)19-8-9-20(3)15-6-4-14(5-7-15)17(23)24-11-10-21/h4-7,13,21H,1,8-11H2,2-3H3,(H,19,22). The van der Waals surface area contributed by atoms with Crippen LogP contribution >= 0.6 is 0 Å². The number of nitrogens with one attached hydrogen (secondary N) is 1. The zero-order valence-electron chi connectivity index (χ0n) is 13.9. The monoisotopic (exact) mass is 338 g/mol. The molecule has 2 N–H and O–H groups in total. The first kappa shape index (κ1) is 19.6. The normalized spacial score (nSPS) is 11.5. The fraction of sp³-hybridized carbons (Fsp3) is 0.412. The summed E-state index contributed by atoms with van der Waals surface area (Å²) in [6.07, 6.45) is -1.37. The second-order valence-corrected chi connectivity index (χ2v) is 5.23. The average Bonchev–Trinajstić information content (AvgIpc) is 2.58. The molecule has 0 aliphatic carbocycles. The van der Waals surface area contributed by atoms with Crippen LogP contribution in [-0.4, -0.2) is 56.5 Å². The third-order valence-corrected chi connectivity index (χ3v) is 3.37. The van der Waals surface area contributed by atoms with E-state index in [1.165, 1.54) is 6.92 Å². The van der Waals surface area contributed by atoms with E-state index in [0.29, 0.717) is 18.7 Å². The number of amides is 1. The van der Waals surface area contributed by atoms with Crippen LogP contribution in [0.3, 0.4) is 0 Å². The number of aliphatic hydroxyl groups is 1. The number of hydrogen-bond acceptors (Lipinski definition) is 5. The first-order chi connectivity index (χ1) is 11.4. The van der Waals surface area contributed by atoms with Crippen molar-refractivity contribution in [2.75, 3.05) is 38.3 Å². The minimum absolute atomic E-state index is 0.0387. The number of rotatable bonds is 9. The summed E-state index contributed by atoms with van der Waals surface area (Å²) in [6, 6.07) is 6.74. The maximum Gasteiger partial charge on any atom is 0.338 e. The molecule has 0 radical (unpaired) electrons. The van der Waals surface area contributed by atoms with Crippen LogP contribution in [0.15, 0.2) is 36.4 Å². The van der Waals surface area contributed by atoms with Gasteiger partial charge in [-0.1, -0.05) is 6.58 Å². The molecule has 0 saturated heterocycles. The lowest BCUT2D eigenvalue weighted by molar-refractivity contribution is -0.117. The number of carbonyl (C=O) groups is 2. The van der Waals surface area contributed by atoms with Gasteiger partial charge in [0.2, 0.25) is 5.91 Å². The fourth-order valence-corrected chi connectivity index (χ4v) is 1.83. The van der Waals surface area contributed by atoms with Crippen LogP contribution in [0.5, 0.6) is 0 Å². The summed E-state index contributed by atoms with van der Waals surface area (Å²) in [7, 11) is 1.83. The number of esters is 1. The number of halogens is 1. The van der Waals surface area contributed by atoms with Gasteiger partial charge in [0.25, 0.3) is 0 Å². The lowest BCUT2D eigenvalue weighted by Gasteiger charge is -2.20. The maximum atomic E-state index is 13.0. The van der Waals surface area contributed by atoms with Crippen molar-refractivity contribution < 1.29 is 23.8 Å². The molecule has 1 rings (SSSR count). The molecule has 1 aromatic rings. The molecule has 0 aliphatic rings. The van der Waals surface area contributed by atoms with Crippen LogP contribution in [-0.2, 0) is 9.53 Å². The van der Waals surface area contributed by atoms with Crippen molar-refractivity contribution in [3.05, 3.63) is 42.0 Å². The van der Waals surface area contributed by atoms with Crippen molar-refractivity contribution >= 4 is 17.6 Å². The highest BCUT2D eigenvalue weighted by Crippen LogP contribution is 2.14. The van der Waals surface area contributed by atoms with Gasteiger partial charge in [0.1, 0.15) is 12.8 Å². The fourth-order valence-electron chi connectivity index (χ4n) is 1.83. The average molecular weight is 338 g/mol. The highest BCUT2D eigenvalue weighted by molar-refractivity contribution is 5.93. The topological polar surface area (TPSA) is 78.9 Å². The Morgan fingerprint density at radius 1 is 1.38 bits per heavy atom. The smallest absolute Gasteiger partial charge is 0.338 e. The molecular weight excluding hydrogens is 315 g/mol. The highest BCUT2D eigenvalue weighted by atomic mass is 19.1. The van der Waals surface area contributed by atoms with E-state index in [0.717, 1.165) is 5.69 Å². The van der Waals surface area contributed by atoms with Gasteiger partial charge in [-0.3, -0.25) is 4.79 Å². The van der Waals surface area contributed by atoms with E-state index in [2.05, 4.69) is 11.9 Å². The van der Waals surface area contributed by atoms with Crippen molar-refractivity contribution in [1.29, 1.82) is 0 Å². The second-order valence-electron chi connectivity index (χ2n) is 5.23. The molecule has 1 aromatic carbocycles. The predicted octanol–water partition coefficient (Wildman–Crippen LogP) is 1.30. The van der Waals surface area contributed by atoms with E-state index in [1.54, 1.807) is 24.3 Å². The lowest BCUT2D eigenvalue weighted by Crippen LogP contribution is -2.34. The Labute approximate surface area is 140 Å². The number of hydrogen-bond donors (Lipinski definition) is 2. The van der Waals surface area contributed by atoms with E-state index in [-0.39, 0.29) is 18.8 Å². The van der Waals surface area contributed by atoms with Crippen molar-refractivity contribution in [3.8, 4) is 0 Å². The number of carbonyl (C=O) groups excluding carboxylic acids is 2. The first-order valence-electron chi connectivity index (χ1n) is 7.57. The quantitative estimate of drug-likeness (QED) is 0.524. The molecule has 1 unspecified atom stereocenters. The summed E-state index contributed by atoms with van der Waals surface area (Å²) in [5.41, 5.74) is 1.14.